The first kappa shape index (κ1) is 13.4. The van der Waals surface area contributed by atoms with E-state index in [1.165, 1.54) is 6.20 Å². The van der Waals surface area contributed by atoms with Gasteiger partial charge in [-0.05, 0) is 25.8 Å². The number of carbonyl (C=O) groups is 1. The Morgan fingerprint density at radius 1 is 1.56 bits per heavy atom. The molecule has 1 fully saturated rings. The highest BCUT2D eigenvalue weighted by atomic mass is 32.1. The van der Waals surface area contributed by atoms with Crippen LogP contribution in [0.15, 0.2) is 6.20 Å². The minimum Gasteiger partial charge on any atom is -0.378 e. The molecule has 1 amide bonds. The smallest absolute Gasteiger partial charge is 0.275 e. The summed E-state index contributed by atoms with van der Waals surface area (Å²) in [5, 5.41) is 0. The molecule has 18 heavy (non-hydrogen) atoms. The second-order valence-corrected chi connectivity index (χ2v) is 4.85. The largest absolute Gasteiger partial charge is 0.378 e. The third-order valence-electron chi connectivity index (χ3n) is 3.01. The summed E-state index contributed by atoms with van der Waals surface area (Å²) in [5.41, 5.74) is 5.86. The van der Waals surface area contributed by atoms with Crippen molar-refractivity contribution in [1.29, 1.82) is 0 Å². The monoisotopic (exact) mass is 270 g/mol. The zero-order chi connectivity index (χ0) is 12.8. The molecule has 7 heteroatoms. The first-order valence-corrected chi connectivity index (χ1v) is 6.93. The average Bonchev–Trinajstić information content (AvgIpc) is 2.93. The van der Waals surface area contributed by atoms with E-state index >= 15 is 0 Å². The molecule has 0 atom stereocenters. The third-order valence-corrected chi connectivity index (χ3v) is 3.49. The van der Waals surface area contributed by atoms with Gasteiger partial charge in [0, 0.05) is 19.7 Å². The number of likely N-dealkylation sites (tertiary alicyclic amines) is 1. The van der Waals surface area contributed by atoms with Crippen LogP contribution in [0.25, 0.3) is 0 Å². The molecule has 0 aromatic carbocycles. The number of hydrogen-bond donors (Lipinski definition) is 1. The molecule has 1 saturated heterocycles. The van der Waals surface area contributed by atoms with Crippen LogP contribution in [0, 0.1) is 0 Å². The molecule has 1 aromatic heterocycles. The lowest BCUT2D eigenvalue weighted by molar-refractivity contribution is 0.00832. The lowest BCUT2D eigenvalue weighted by Gasteiger charge is -2.31. The van der Waals surface area contributed by atoms with E-state index < -0.39 is 0 Å². The molecule has 2 rings (SSSR count). The summed E-state index contributed by atoms with van der Waals surface area (Å²) in [4.78, 5) is 13.8. The minimum atomic E-state index is -0.0239. The van der Waals surface area contributed by atoms with Gasteiger partial charge in [0.1, 0.15) is 0 Å². The van der Waals surface area contributed by atoms with Gasteiger partial charge in [0.15, 0.2) is 5.69 Å². The van der Waals surface area contributed by atoms with Crippen LogP contribution in [0.5, 0.6) is 0 Å². The molecule has 0 unspecified atom stereocenters. The van der Waals surface area contributed by atoms with Gasteiger partial charge in [-0.15, -0.1) is 0 Å². The Labute approximate surface area is 110 Å². The standard InChI is InChI=1S/C11H18N4O2S/c12-4-1-7-17-9-2-5-15(6-3-9)11(16)10-8-13-18-14-10/h8-9H,1-7,12H2. The van der Waals surface area contributed by atoms with Crippen molar-refractivity contribution in [3.63, 3.8) is 0 Å². The van der Waals surface area contributed by atoms with Crippen LogP contribution in [0.2, 0.25) is 0 Å². The highest BCUT2D eigenvalue weighted by Gasteiger charge is 2.25. The molecule has 0 radical (unpaired) electrons. The van der Waals surface area contributed by atoms with Crippen LogP contribution in [-0.2, 0) is 4.74 Å². The number of piperidine rings is 1. The summed E-state index contributed by atoms with van der Waals surface area (Å²) in [6.45, 7) is 2.83. The maximum absolute atomic E-state index is 12.0. The van der Waals surface area contributed by atoms with E-state index in [1.54, 1.807) is 0 Å². The number of ether oxygens (including phenoxy) is 1. The Morgan fingerprint density at radius 2 is 2.33 bits per heavy atom. The van der Waals surface area contributed by atoms with Crippen molar-refractivity contribution in [2.24, 2.45) is 5.73 Å². The maximum Gasteiger partial charge on any atom is 0.275 e. The van der Waals surface area contributed by atoms with Crippen LogP contribution in [-0.4, -0.2) is 51.9 Å². The van der Waals surface area contributed by atoms with Crippen molar-refractivity contribution in [3.8, 4) is 0 Å². The van der Waals surface area contributed by atoms with Gasteiger partial charge in [0.25, 0.3) is 5.91 Å². The van der Waals surface area contributed by atoms with E-state index in [1.807, 2.05) is 4.90 Å². The predicted molar refractivity (Wildman–Crippen MR) is 68.5 cm³/mol. The molecular weight excluding hydrogens is 252 g/mol. The van der Waals surface area contributed by atoms with E-state index in [4.69, 9.17) is 10.5 Å². The number of carbonyl (C=O) groups excluding carboxylic acids is 1. The van der Waals surface area contributed by atoms with Crippen LogP contribution in [0.4, 0.5) is 0 Å². The van der Waals surface area contributed by atoms with Crippen LogP contribution in [0.1, 0.15) is 29.8 Å². The van der Waals surface area contributed by atoms with Crippen molar-refractivity contribution in [2.45, 2.75) is 25.4 Å². The molecule has 6 nitrogen and oxygen atoms in total. The fourth-order valence-electron chi connectivity index (χ4n) is 1.98. The minimum absolute atomic E-state index is 0.0239. The molecule has 100 valence electrons. The summed E-state index contributed by atoms with van der Waals surface area (Å²) in [5.74, 6) is -0.0239. The maximum atomic E-state index is 12.0. The van der Waals surface area contributed by atoms with Crippen LogP contribution < -0.4 is 5.73 Å². The fourth-order valence-corrected chi connectivity index (χ4v) is 2.39. The number of aromatic nitrogens is 2. The Hall–Kier alpha value is -1.05. The fraction of sp³-hybridized carbons (Fsp3) is 0.727. The Kier molecular flexibility index (Phi) is 5.03. The van der Waals surface area contributed by atoms with Crippen LogP contribution >= 0.6 is 11.7 Å². The second-order valence-electron chi connectivity index (χ2n) is 4.30. The van der Waals surface area contributed by atoms with E-state index in [0.29, 0.717) is 18.8 Å². The lowest BCUT2D eigenvalue weighted by atomic mass is 10.1. The zero-order valence-electron chi connectivity index (χ0n) is 10.2. The number of amides is 1. The molecule has 2 N–H and O–H groups in total. The number of hydrogen-bond acceptors (Lipinski definition) is 6. The van der Waals surface area contributed by atoms with Gasteiger partial charge in [-0.25, -0.2) is 0 Å². The third kappa shape index (κ3) is 3.47. The topological polar surface area (TPSA) is 81.3 Å². The van der Waals surface area contributed by atoms with Crippen molar-refractivity contribution < 1.29 is 9.53 Å². The molecule has 1 aromatic rings. The number of nitrogens with zero attached hydrogens (tertiary/aromatic N) is 3. The van der Waals surface area contributed by atoms with Gasteiger partial charge in [-0.1, -0.05) is 0 Å². The van der Waals surface area contributed by atoms with Crippen molar-refractivity contribution in [3.05, 3.63) is 11.9 Å². The SMILES string of the molecule is NCCCOC1CCN(C(=O)c2cnsn2)CC1. The van der Waals surface area contributed by atoms with Crippen LogP contribution in [0.3, 0.4) is 0 Å². The van der Waals surface area contributed by atoms with Gasteiger partial charge in [0.05, 0.1) is 24.0 Å². The van der Waals surface area contributed by atoms with Gasteiger partial charge in [-0.2, -0.15) is 8.75 Å². The van der Waals surface area contributed by atoms with Crippen molar-refractivity contribution in [1.82, 2.24) is 13.6 Å². The molecular formula is C11H18N4O2S. The Bertz CT molecular complexity index is 363. The van der Waals surface area contributed by atoms with E-state index in [2.05, 4.69) is 8.75 Å². The van der Waals surface area contributed by atoms with Gasteiger partial charge >= 0.3 is 0 Å². The number of rotatable bonds is 5. The molecule has 0 saturated carbocycles. The van der Waals surface area contributed by atoms with Crippen molar-refractivity contribution >= 4 is 17.6 Å². The van der Waals surface area contributed by atoms with E-state index in [-0.39, 0.29) is 12.0 Å². The van der Waals surface area contributed by atoms with E-state index in [9.17, 15) is 4.79 Å². The van der Waals surface area contributed by atoms with Gasteiger partial charge in [-0.3, -0.25) is 4.79 Å². The normalized spacial score (nSPS) is 17.1. The molecule has 1 aliphatic heterocycles. The summed E-state index contributed by atoms with van der Waals surface area (Å²) in [6.07, 6.45) is 4.44. The summed E-state index contributed by atoms with van der Waals surface area (Å²) in [7, 11) is 0. The quantitative estimate of drug-likeness (QED) is 0.788. The summed E-state index contributed by atoms with van der Waals surface area (Å²) >= 11 is 1.06. The predicted octanol–water partition coefficient (Wildman–Crippen LogP) is 0.508. The molecule has 0 aliphatic carbocycles. The highest BCUT2D eigenvalue weighted by Crippen LogP contribution is 2.16. The molecule has 0 bridgehead atoms. The summed E-state index contributed by atoms with van der Waals surface area (Å²) < 4.78 is 13.5. The first-order chi connectivity index (χ1) is 8.81. The highest BCUT2D eigenvalue weighted by molar-refractivity contribution is 6.99. The first-order valence-electron chi connectivity index (χ1n) is 6.19. The van der Waals surface area contributed by atoms with Crippen molar-refractivity contribution in [2.75, 3.05) is 26.2 Å². The lowest BCUT2D eigenvalue weighted by Crippen LogP contribution is -2.41. The van der Waals surface area contributed by atoms with Gasteiger partial charge in [0.2, 0.25) is 0 Å². The second kappa shape index (κ2) is 6.77. The molecule has 2 heterocycles. The van der Waals surface area contributed by atoms with Gasteiger partial charge < -0.3 is 15.4 Å². The van der Waals surface area contributed by atoms with E-state index in [0.717, 1.165) is 44.1 Å². The zero-order valence-corrected chi connectivity index (χ0v) is 11.1. The summed E-state index contributed by atoms with van der Waals surface area (Å²) in [6, 6.07) is 0. The Balaban J connectivity index is 1.75. The average molecular weight is 270 g/mol. The molecule has 1 aliphatic rings. The number of nitrogens with two attached hydrogens (primary N) is 1. The Morgan fingerprint density at radius 3 is 2.94 bits per heavy atom. The molecule has 0 spiro atoms.